The second-order valence-corrected chi connectivity index (χ2v) is 7.24. The molecule has 0 aliphatic carbocycles. The minimum atomic E-state index is -1.05. The van der Waals surface area contributed by atoms with Crippen LogP contribution >= 0.6 is 0 Å². The minimum absolute atomic E-state index is 0.322. The summed E-state index contributed by atoms with van der Waals surface area (Å²) in [7, 11) is 0. The number of aryl methyl sites for hydroxylation is 3. The quantitative estimate of drug-likeness (QED) is 0.525. The molecule has 1 aromatic heterocycles. The summed E-state index contributed by atoms with van der Waals surface area (Å²) >= 11 is 0. The van der Waals surface area contributed by atoms with Crippen molar-refractivity contribution in [3.63, 3.8) is 0 Å². The number of aliphatic carboxylic acids is 1. The van der Waals surface area contributed by atoms with Gasteiger partial charge in [0.2, 0.25) is 0 Å². The normalized spacial score (nSPS) is 12.0. The van der Waals surface area contributed by atoms with Crippen molar-refractivity contribution >= 4 is 22.9 Å². The van der Waals surface area contributed by atoms with Gasteiger partial charge >= 0.3 is 5.97 Å². The highest BCUT2D eigenvalue weighted by Gasteiger charge is 2.18. The van der Waals surface area contributed by atoms with Crippen LogP contribution in [0.2, 0.25) is 0 Å². The number of carbonyl (C=O) groups is 2. The number of carboxylic acid groups (broad SMARTS) is 1. The molecule has 158 valence electrons. The van der Waals surface area contributed by atoms with Crippen LogP contribution in [0.1, 0.15) is 41.3 Å². The van der Waals surface area contributed by atoms with Crippen molar-refractivity contribution in [2.75, 3.05) is 6.61 Å². The summed E-state index contributed by atoms with van der Waals surface area (Å²) in [6.07, 6.45) is 1.08. The summed E-state index contributed by atoms with van der Waals surface area (Å²) in [5, 5.41) is 20.0. The Labute approximate surface area is 174 Å². The van der Waals surface area contributed by atoms with Crippen LogP contribution in [0.4, 0.5) is 0 Å². The number of carboxylic acids is 1. The lowest BCUT2D eigenvalue weighted by molar-refractivity contribution is -0.139. The molecule has 3 rings (SSSR count). The molecule has 1 amide bonds. The zero-order valence-electron chi connectivity index (χ0n) is 17.4. The molecule has 1 atom stereocenters. The number of nitrogens with zero attached hydrogens (tertiary/aromatic N) is 3. The monoisotopic (exact) mass is 410 g/mol. The number of ether oxygens (including phenoxy) is 1. The smallest absolute Gasteiger partial charge is 0.326 e. The van der Waals surface area contributed by atoms with Crippen molar-refractivity contribution in [3.8, 4) is 5.75 Å². The molecule has 30 heavy (non-hydrogen) atoms. The number of fused-ring (bicyclic) bond motifs is 1. The lowest BCUT2D eigenvalue weighted by atomic mass is 10.1. The molecule has 2 aromatic carbocycles. The number of amides is 1. The zero-order valence-corrected chi connectivity index (χ0v) is 17.4. The highest BCUT2D eigenvalue weighted by Crippen LogP contribution is 2.18. The van der Waals surface area contributed by atoms with Crippen LogP contribution in [0.5, 0.6) is 5.75 Å². The Balaban J connectivity index is 1.50. The predicted molar refractivity (Wildman–Crippen MR) is 113 cm³/mol. The number of benzene rings is 2. The molecular formula is C22H26N4O4. The first-order valence-electron chi connectivity index (χ1n) is 9.96. The van der Waals surface area contributed by atoms with Crippen LogP contribution in [-0.2, 0) is 11.3 Å². The number of rotatable bonds is 9. The summed E-state index contributed by atoms with van der Waals surface area (Å²) in [5.41, 5.74) is 4.70. The topological polar surface area (TPSA) is 106 Å². The summed E-state index contributed by atoms with van der Waals surface area (Å²) in [5.74, 6) is -0.817. The average Bonchev–Trinajstić information content (AvgIpc) is 3.11. The van der Waals surface area contributed by atoms with E-state index in [2.05, 4.69) is 35.5 Å². The first kappa shape index (κ1) is 21.3. The van der Waals surface area contributed by atoms with Crippen LogP contribution in [-0.4, -0.2) is 44.6 Å². The maximum Gasteiger partial charge on any atom is 0.326 e. The lowest BCUT2D eigenvalue weighted by Gasteiger charge is -2.12. The standard InChI is InChI=1S/C22H26N4O4/c1-4-18(22(28)29)23-21(27)16-6-8-17(9-7-16)30-11-5-10-26-20-13-15(3)14(2)12-19(20)24-25-26/h6-9,12-13,18H,4-5,10-11H2,1-3H3,(H,23,27)(H,28,29). The average molecular weight is 410 g/mol. The zero-order chi connectivity index (χ0) is 21.7. The fourth-order valence-corrected chi connectivity index (χ4v) is 3.07. The van der Waals surface area contributed by atoms with Crippen LogP contribution < -0.4 is 10.1 Å². The highest BCUT2D eigenvalue weighted by molar-refractivity contribution is 5.96. The van der Waals surface area contributed by atoms with Crippen molar-refractivity contribution in [3.05, 3.63) is 53.1 Å². The van der Waals surface area contributed by atoms with Gasteiger partial charge in [-0.1, -0.05) is 12.1 Å². The van der Waals surface area contributed by atoms with E-state index in [-0.39, 0.29) is 0 Å². The molecule has 2 N–H and O–H groups in total. The van der Waals surface area contributed by atoms with Crippen LogP contribution in [0.3, 0.4) is 0 Å². The maximum absolute atomic E-state index is 12.1. The number of aromatic nitrogens is 3. The molecule has 0 aliphatic rings. The molecule has 0 saturated carbocycles. The van der Waals surface area contributed by atoms with Gasteiger partial charge in [-0.05, 0) is 67.8 Å². The molecule has 1 heterocycles. The van der Waals surface area contributed by atoms with Crippen molar-refractivity contribution in [2.45, 2.75) is 46.2 Å². The first-order chi connectivity index (χ1) is 14.4. The van der Waals surface area contributed by atoms with Gasteiger partial charge in [0.1, 0.15) is 17.3 Å². The number of hydrogen-bond acceptors (Lipinski definition) is 5. The van der Waals surface area contributed by atoms with Gasteiger partial charge in [0, 0.05) is 18.5 Å². The molecule has 0 fully saturated rings. The lowest BCUT2D eigenvalue weighted by Crippen LogP contribution is -2.40. The van der Waals surface area contributed by atoms with E-state index < -0.39 is 17.9 Å². The Morgan fingerprint density at radius 2 is 1.87 bits per heavy atom. The van der Waals surface area contributed by atoms with Crippen LogP contribution in [0.15, 0.2) is 36.4 Å². The van der Waals surface area contributed by atoms with Gasteiger partial charge in [-0.15, -0.1) is 5.10 Å². The van der Waals surface area contributed by atoms with E-state index in [0.717, 1.165) is 17.5 Å². The minimum Gasteiger partial charge on any atom is -0.494 e. The second-order valence-electron chi connectivity index (χ2n) is 7.24. The fraction of sp³-hybridized carbons (Fsp3) is 0.364. The molecule has 3 aromatic rings. The molecule has 8 heteroatoms. The number of nitrogens with one attached hydrogen (secondary N) is 1. The van der Waals surface area contributed by atoms with Gasteiger partial charge in [-0.25, -0.2) is 9.48 Å². The Morgan fingerprint density at radius 1 is 1.17 bits per heavy atom. The molecule has 8 nitrogen and oxygen atoms in total. The summed E-state index contributed by atoms with van der Waals surface area (Å²) in [4.78, 5) is 23.2. The van der Waals surface area contributed by atoms with E-state index in [1.54, 1.807) is 31.2 Å². The molecule has 0 bridgehead atoms. The van der Waals surface area contributed by atoms with E-state index in [1.165, 1.54) is 11.1 Å². The third-order valence-corrected chi connectivity index (χ3v) is 5.04. The summed E-state index contributed by atoms with van der Waals surface area (Å²) in [6, 6.07) is 9.89. The van der Waals surface area contributed by atoms with Crippen molar-refractivity contribution in [2.24, 2.45) is 0 Å². The summed E-state index contributed by atoms with van der Waals surface area (Å²) < 4.78 is 7.63. The van der Waals surface area contributed by atoms with Gasteiger partial charge in [0.15, 0.2) is 0 Å². The fourth-order valence-electron chi connectivity index (χ4n) is 3.07. The van der Waals surface area contributed by atoms with Gasteiger partial charge in [-0.2, -0.15) is 0 Å². The predicted octanol–water partition coefficient (Wildman–Crippen LogP) is 3.11. The molecule has 0 aliphatic heterocycles. The molecule has 0 saturated heterocycles. The van der Waals surface area contributed by atoms with Crippen molar-refractivity contribution in [1.82, 2.24) is 20.3 Å². The van der Waals surface area contributed by atoms with Crippen molar-refractivity contribution < 1.29 is 19.4 Å². The molecule has 1 unspecified atom stereocenters. The summed E-state index contributed by atoms with van der Waals surface area (Å²) in [6.45, 7) is 7.02. The molecule has 0 radical (unpaired) electrons. The van der Waals surface area contributed by atoms with Crippen LogP contribution in [0.25, 0.3) is 11.0 Å². The van der Waals surface area contributed by atoms with E-state index >= 15 is 0 Å². The first-order valence-corrected chi connectivity index (χ1v) is 9.96. The van der Waals surface area contributed by atoms with Crippen LogP contribution in [0, 0.1) is 13.8 Å². The van der Waals surface area contributed by atoms with E-state index in [4.69, 9.17) is 9.84 Å². The van der Waals surface area contributed by atoms with E-state index in [1.807, 2.05) is 10.7 Å². The van der Waals surface area contributed by atoms with Gasteiger partial charge in [0.25, 0.3) is 5.91 Å². The third kappa shape index (κ3) is 4.94. The van der Waals surface area contributed by atoms with Gasteiger partial charge < -0.3 is 15.2 Å². The Bertz CT molecular complexity index is 1040. The number of hydrogen-bond donors (Lipinski definition) is 2. The Morgan fingerprint density at radius 3 is 2.53 bits per heavy atom. The van der Waals surface area contributed by atoms with Gasteiger partial charge in [0.05, 0.1) is 12.1 Å². The SMILES string of the molecule is CCC(NC(=O)c1ccc(OCCCn2nnc3cc(C)c(C)cc32)cc1)C(=O)O. The van der Waals surface area contributed by atoms with Crippen molar-refractivity contribution in [1.29, 1.82) is 0 Å². The Hall–Kier alpha value is -3.42. The van der Waals surface area contributed by atoms with E-state index in [9.17, 15) is 9.59 Å². The third-order valence-electron chi connectivity index (χ3n) is 5.04. The second kappa shape index (κ2) is 9.39. The largest absolute Gasteiger partial charge is 0.494 e. The molecular weight excluding hydrogens is 384 g/mol. The highest BCUT2D eigenvalue weighted by atomic mass is 16.5. The number of carbonyl (C=O) groups excluding carboxylic acids is 1. The Kier molecular flexibility index (Phi) is 6.66. The van der Waals surface area contributed by atoms with Gasteiger partial charge in [-0.3, -0.25) is 4.79 Å². The van der Waals surface area contributed by atoms with E-state index in [0.29, 0.717) is 30.9 Å². The molecule has 0 spiro atoms. The maximum atomic E-state index is 12.1.